The number of ether oxygens (including phenoxy) is 1. The number of rotatable bonds is 4. The van der Waals surface area contributed by atoms with Gasteiger partial charge in [-0.3, -0.25) is 15.6 Å². The molecular formula is C15H12F3N3O2S. The largest absolute Gasteiger partial charge is 0.435 e. The molecule has 5 nitrogen and oxygen atoms in total. The average Bonchev–Trinajstić information content (AvgIpc) is 2.55. The number of hydrogen-bond donors (Lipinski definition) is 3. The van der Waals surface area contributed by atoms with E-state index in [4.69, 9.17) is 12.2 Å². The number of alkyl halides is 2. The number of nitrogens with one attached hydrogen (secondary N) is 3. The van der Waals surface area contributed by atoms with Crippen molar-refractivity contribution >= 4 is 28.9 Å². The third-order valence-electron chi connectivity index (χ3n) is 2.73. The second-order valence-electron chi connectivity index (χ2n) is 4.44. The van der Waals surface area contributed by atoms with Crippen molar-refractivity contribution in [3.8, 4) is 5.75 Å². The highest BCUT2D eigenvalue weighted by Gasteiger charge is 2.08. The van der Waals surface area contributed by atoms with Gasteiger partial charge < -0.3 is 10.1 Å². The molecule has 3 N–H and O–H groups in total. The molecule has 9 heteroatoms. The van der Waals surface area contributed by atoms with E-state index in [1.165, 1.54) is 48.5 Å². The van der Waals surface area contributed by atoms with Gasteiger partial charge in [-0.15, -0.1) is 0 Å². The molecule has 0 bridgehead atoms. The molecule has 0 saturated carbocycles. The fourth-order valence-electron chi connectivity index (χ4n) is 1.67. The van der Waals surface area contributed by atoms with Crippen molar-refractivity contribution in [2.45, 2.75) is 6.61 Å². The quantitative estimate of drug-likeness (QED) is 0.581. The van der Waals surface area contributed by atoms with Crippen molar-refractivity contribution in [3.05, 3.63) is 59.9 Å². The zero-order valence-electron chi connectivity index (χ0n) is 12.1. The first-order valence-electron chi connectivity index (χ1n) is 6.62. The maximum Gasteiger partial charge on any atom is 0.387 e. The number of anilines is 1. The van der Waals surface area contributed by atoms with Gasteiger partial charge in [0.2, 0.25) is 0 Å². The summed E-state index contributed by atoms with van der Waals surface area (Å²) in [6, 6.07) is 10.6. The fraction of sp³-hybridized carbons (Fsp3) is 0.0667. The normalized spacial score (nSPS) is 10.2. The Kier molecular flexibility index (Phi) is 5.96. The van der Waals surface area contributed by atoms with Crippen LogP contribution in [0, 0.1) is 5.82 Å². The van der Waals surface area contributed by atoms with Crippen LogP contribution in [0.2, 0.25) is 0 Å². The number of thiocarbonyl (C=S) groups is 1. The van der Waals surface area contributed by atoms with Gasteiger partial charge in [-0.1, -0.05) is 0 Å². The minimum Gasteiger partial charge on any atom is -0.435 e. The summed E-state index contributed by atoms with van der Waals surface area (Å²) in [5.41, 5.74) is 5.56. The standard InChI is InChI=1S/C15H12F3N3O2S/c16-10-3-5-11(6-4-10)19-15(24)21-20-13(22)9-1-7-12(8-2-9)23-14(17)18/h1-8,14H,(H,20,22)(H2,19,21,24). The number of carbonyl (C=O) groups is 1. The summed E-state index contributed by atoms with van der Waals surface area (Å²) >= 11 is 4.97. The van der Waals surface area contributed by atoms with Crippen molar-refractivity contribution in [1.29, 1.82) is 0 Å². The van der Waals surface area contributed by atoms with E-state index in [9.17, 15) is 18.0 Å². The van der Waals surface area contributed by atoms with Gasteiger partial charge in [0.15, 0.2) is 5.11 Å². The molecule has 126 valence electrons. The van der Waals surface area contributed by atoms with E-state index in [2.05, 4.69) is 20.9 Å². The van der Waals surface area contributed by atoms with Crippen LogP contribution in [0.3, 0.4) is 0 Å². The monoisotopic (exact) mass is 355 g/mol. The predicted octanol–water partition coefficient (Wildman–Crippen LogP) is 3.06. The van der Waals surface area contributed by atoms with Crippen LogP contribution in [0.4, 0.5) is 18.9 Å². The molecule has 1 amide bonds. The first-order valence-corrected chi connectivity index (χ1v) is 7.02. The van der Waals surface area contributed by atoms with Gasteiger partial charge in [0.1, 0.15) is 11.6 Å². The van der Waals surface area contributed by atoms with E-state index in [1.54, 1.807) is 0 Å². The molecule has 0 heterocycles. The van der Waals surface area contributed by atoms with E-state index in [1.807, 2.05) is 0 Å². The van der Waals surface area contributed by atoms with Gasteiger partial charge in [-0.2, -0.15) is 8.78 Å². The van der Waals surface area contributed by atoms with E-state index in [0.717, 1.165) is 0 Å². The van der Waals surface area contributed by atoms with E-state index in [0.29, 0.717) is 5.69 Å². The van der Waals surface area contributed by atoms with Gasteiger partial charge in [0.25, 0.3) is 5.91 Å². The summed E-state index contributed by atoms with van der Waals surface area (Å²) in [4.78, 5) is 11.9. The Balaban J connectivity index is 1.83. The van der Waals surface area contributed by atoms with Crippen molar-refractivity contribution in [2.75, 3.05) is 5.32 Å². The predicted molar refractivity (Wildman–Crippen MR) is 86.3 cm³/mol. The summed E-state index contributed by atoms with van der Waals surface area (Å²) < 4.78 is 41.0. The maximum atomic E-state index is 12.8. The van der Waals surface area contributed by atoms with E-state index < -0.39 is 12.5 Å². The van der Waals surface area contributed by atoms with Crippen LogP contribution in [0.25, 0.3) is 0 Å². The molecule has 0 aromatic heterocycles. The second kappa shape index (κ2) is 8.16. The van der Waals surface area contributed by atoms with Crippen LogP contribution in [0.15, 0.2) is 48.5 Å². The third-order valence-corrected chi connectivity index (χ3v) is 2.94. The molecule has 0 saturated heterocycles. The van der Waals surface area contributed by atoms with Crippen LogP contribution in [-0.2, 0) is 0 Å². The van der Waals surface area contributed by atoms with Gasteiger partial charge >= 0.3 is 6.61 Å². The van der Waals surface area contributed by atoms with Crippen molar-refractivity contribution in [1.82, 2.24) is 10.9 Å². The van der Waals surface area contributed by atoms with Crippen molar-refractivity contribution < 1.29 is 22.7 Å². The van der Waals surface area contributed by atoms with E-state index >= 15 is 0 Å². The molecule has 0 aliphatic rings. The zero-order chi connectivity index (χ0) is 17.5. The van der Waals surface area contributed by atoms with Crippen LogP contribution >= 0.6 is 12.2 Å². The lowest BCUT2D eigenvalue weighted by Gasteiger charge is -2.12. The summed E-state index contributed by atoms with van der Waals surface area (Å²) in [7, 11) is 0. The summed E-state index contributed by atoms with van der Waals surface area (Å²) in [5.74, 6) is -0.961. The molecule has 0 aliphatic carbocycles. The molecule has 2 aromatic rings. The number of carbonyl (C=O) groups excluding carboxylic acids is 1. The zero-order valence-corrected chi connectivity index (χ0v) is 12.9. The molecule has 0 aliphatic heterocycles. The Hall–Kier alpha value is -2.81. The van der Waals surface area contributed by atoms with Gasteiger partial charge in [0, 0.05) is 11.3 Å². The minimum absolute atomic E-state index is 0.0528. The summed E-state index contributed by atoms with van der Waals surface area (Å²) in [5, 5.41) is 2.83. The molecule has 0 unspecified atom stereocenters. The number of amides is 1. The topological polar surface area (TPSA) is 62.4 Å². The highest BCUT2D eigenvalue weighted by atomic mass is 32.1. The Labute approximate surface area is 140 Å². The highest BCUT2D eigenvalue weighted by Crippen LogP contribution is 2.14. The Morgan fingerprint density at radius 3 is 2.21 bits per heavy atom. The number of halogens is 3. The Bertz CT molecular complexity index is 709. The third kappa shape index (κ3) is 5.43. The second-order valence-corrected chi connectivity index (χ2v) is 4.85. The van der Waals surface area contributed by atoms with Crippen molar-refractivity contribution in [2.24, 2.45) is 0 Å². The summed E-state index contributed by atoms with van der Waals surface area (Å²) in [6.07, 6.45) is 0. The Morgan fingerprint density at radius 2 is 1.62 bits per heavy atom. The van der Waals surface area contributed by atoms with Crippen LogP contribution < -0.4 is 20.9 Å². The molecule has 0 fully saturated rings. The molecule has 24 heavy (non-hydrogen) atoms. The first-order chi connectivity index (χ1) is 11.4. The molecule has 0 spiro atoms. The average molecular weight is 355 g/mol. The molecule has 0 atom stereocenters. The lowest BCUT2D eigenvalue weighted by molar-refractivity contribution is -0.0498. The van der Waals surface area contributed by atoms with Crippen LogP contribution in [0.5, 0.6) is 5.75 Å². The smallest absolute Gasteiger partial charge is 0.387 e. The molecule has 2 rings (SSSR count). The Morgan fingerprint density at radius 1 is 1.00 bits per heavy atom. The first kappa shape index (κ1) is 17.5. The van der Waals surface area contributed by atoms with Crippen molar-refractivity contribution in [3.63, 3.8) is 0 Å². The number of hydrogen-bond acceptors (Lipinski definition) is 3. The van der Waals surface area contributed by atoms with Gasteiger partial charge in [-0.05, 0) is 60.7 Å². The fourth-order valence-corrected chi connectivity index (χ4v) is 1.84. The van der Waals surface area contributed by atoms with Gasteiger partial charge in [0.05, 0.1) is 0 Å². The van der Waals surface area contributed by atoms with E-state index in [-0.39, 0.29) is 22.2 Å². The van der Waals surface area contributed by atoms with Gasteiger partial charge in [-0.25, -0.2) is 4.39 Å². The van der Waals surface area contributed by atoms with Crippen LogP contribution in [0.1, 0.15) is 10.4 Å². The maximum absolute atomic E-state index is 12.8. The van der Waals surface area contributed by atoms with Crippen LogP contribution in [-0.4, -0.2) is 17.6 Å². The lowest BCUT2D eigenvalue weighted by atomic mass is 10.2. The molecular weight excluding hydrogens is 343 g/mol. The molecule has 0 radical (unpaired) electrons. The molecule has 2 aromatic carbocycles. The minimum atomic E-state index is -2.93. The number of benzene rings is 2. The summed E-state index contributed by atoms with van der Waals surface area (Å²) in [6.45, 7) is -2.93. The highest BCUT2D eigenvalue weighted by molar-refractivity contribution is 7.80. The lowest BCUT2D eigenvalue weighted by Crippen LogP contribution is -2.43. The SMILES string of the molecule is O=C(NNC(=S)Nc1ccc(F)cc1)c1ccc(OC(F)F)cc1. The number of hydrazine groups is 1.